The highest BCUT2D eigenvalue weighted by Gasteiger charge is 2.32. The third-order valence-corrected chi connectivity index (χ3v) is 4.44. The van der Waals surface area contributed by atoms with Crippen molar-refractivity contribution in [3.8, 4) is 0 Å². The maximum absolute atomic E-state index is 12.5. The second-order valence-electron chi connectivity index (χ2n) is 5.26. The number of halogens is 2. The van der Waals surface area contributed by atoms with Crippen molar-refractivity contribution >= 4 is 40.8 Å². The summed E-state index contributed by atoms with van der Waals surface area (Å²) >= 11 is 11.9. The van der Waals surface area contributed by atoms with Gasteiger partial charge in [-0.05, 0) is 31.9 Å². The van der Waals surface area contributed by atoms with Gasteiger partial charge >= 0.3 is 5.97 Å². The average molecular weight is 331 g/mol. The molecule has 1 aliphatic heterocycles. The van der Waals surface area contributed by atoms with Crippen LogP contribution in [0.1, 0.15) is 30.1 Å². The average Bonchev–Trinajstić information content (AvgIpc) is 2.43. The van der Waals surface area contributed by atoms with Crippen molar-refractivity contribution in [3.63, 3.8) is 0 Å². The molecule has 114 valence electrons. The van der Waals surface area contributed by atoms with Crippen LogP contribution in [0.5, 0.6) is 0 Å². The van der Waals surface area contributed by atoms with Gasteiger partial charge in [0.25, 0.3) is 5.91 Å². The van der Waals surface area contributed by atoms with E-state index >= 15 is 0 Å². The molecule has 2 atom stereocenters. The zero-order valence-corrected chi connectivity index (χ0v) is 13.0. The quantitative estimate of drug-likeness (QED) is 0.816. The number of aliphatic carboxylic acids is 1. The summed E-state index contributed by atoms with van der Waals surface area (Å²) in [7, 11) is 0. The molecule has 5 nitrogen and oxygen atoms in total. The zero-order valence-electron chi connectivity index (χ0n) is 11.5. The van der Waals surface area contributed by atoms with Crippen LogP contribution in [-0.4, -0.2) is 34.5 Å². The first kappa shape index (κ1) is 15.9. The van der Waals surface area contributed by atoms with Gasteiger partial charge in [-0.1, -0.05) is 23.2 Å². The van der Waals surface area contributed by atoms with E-state index < -0.39 is 11.9 Å². The minimum atomic E-state index is -0.812. The Labute approximate surface area is 132 Å². The van der Waals surface area contributed by atoms with Gasteiger partial charge in [0, 0.05) is 18.2 Å². The minimum Gasteiger partial charge on any atom is -0.481 e. The summed E-state index contributed by atoms with van der Waals surface area (Å²) in [6, 6.07) is 2.82. The van der Waals surface area contributed by atoms with E-state index in [1.807, 2.05) is 6.92 Å². The van der Waals surface area contributed by atoms with Crippen molar-refractivity contribution < 1.29 is 14.7 Å². The largest absolute Gasteiger partial charge is 0.481 e. The molecule has 0 spiro atoms. The van der Waals surface area contributed by atoms with E-state index in [1.165, 1.54) is 12.1 Å². The maximum atomic E-state index is 12.5. The lowest BCUT2D eigenvalue weighted by atomic mass is 9.91. The van der Waals surface area contributed by atoms with Crippen molar-refractivity contribution in [2.24, 2.45) is 5.92 Å². The number of amides is 1. The predicted molar refractivity (Wildman–Crippen MR) is 81.7 cm³/mol. The topological polar surface area (TPSA) is 83.6 Å². The third kappa shape index (κ3) is 3.24. The van der Waals surface area contributed by atoms with E-state index in [1.54, 1.807) is 4.90 Å². The van der Waals surface area contributed by atoms with E-state index in [4.69, 9.17) is 34.0 Å². The van der Waals surface area contributed by atoms with Crippen LogP contribution in [0, 0.1) is 5.92 Å². The Hall–Kier alpha value is -1.46. The van der Waals surface area contributed by atoms with Crippen LogP contribution in [-0.2, 0) is 4.79 Å². The highest BCUT2D eigenvalue weighted by molar-refractivity contribution is 6.39. The molecule has 0 aliphatic carbocycles. The summed E-state index contributed by atoms with van der Waals surface area (Å²) < 4.78 is 0. The molecule has 2 unspecified atom stereocenters. The molecule has 21 heavy (non-hydrogen) atoms. The van der Waals surface area contributed by atoms with Crippen LogP contribution in [0.25, 0.3) is 0 Å². The lowest BCUT2D eigenvalue weighted by molar-refractivity contribution is -0.143. The fourth-order valence-electron chi connectivity index (χ4n) is 2.57. The summed E-state index contributed by atoms with van der Waals surface area (Å²) in [5, 5.41) is 9.52. The van der Waals surface area contributed by atoms with E-state index in [-0.39, 0.29) is 27.7 Å². The molecular formula is C14H16Cl2N2O3. The molecular weight excluding hydrogens is 315 g/mol. The Morgan fingerprint density at radius 3 is 2.38 bits per heavy atom. The Morgan fingerprint density at radius 2 is 1.90 bits per heavy atom. The van der Waals surface area contributed by atoms with Gasteiger partial charge in [0.15, 0.2) is 0 Å². The van der Waals surface area contributed by atoms with Crippen LogP contribution in [0.3, 0.4) is 0 Å². The number of carbonyl (C=O) groups is 2. The Morgan fingerprint density at radius 1 is 1.33 bits per heavy atom. The first-order chi connectivity index (χ1) is 9.81. The minimum absolute atomic E-state index is 0.151. The number of carbonyl (C=O) groups excluding carboxylic acids is 1. The molecule has 7 heteroatoms. The van der Waals surface area contributed by atoms with Gasteiger partial charge in [0.2, 0.25) is 0 Å². The molecule has 1 fully saturated rings. The molecule has 1 amide bonds. The van der Waals surface area contributed by atoms with Crippen molar-refractivity contribution in [1.29, 1.82) is 0 Å². The number of rotatable bonds is 2. The zero-order chi connectivity index (χ0) is 15.7. The lowest BCUT2D eigenvalue weighted by Gasteiger charge is -2.36. The van der Waals surface area contributed by atoms with Crippen molar-refractivity contribution in [1.82, 2.24) is 4.90 Å². The van der Waals surface area contributed by atoms with Gasteiger partial charge in [-0.2, -0.15) is 0 Å². The Bertz CT molecular complexity index is 569. The highest BCUT2D eigenvalue weighted by atomic mass is 35.5. The van der Waals surface area contributed by atoms with Gasteiger partial charge in [-0.25, -0.2) is 0 Å². The van der Waals surface area contributed by atoms with E-state index in [0.29, 0.717) is 24.9 Å². The van der Waals surface area contributed by atoms with Crippen molar-refractivity contribution in [3.05, 3.63) is 27.7 Å². The summed E-state index contributed by atoms with van der Waals surface area (Å²) in [6.45, 7) is 2.24. The van der Waals surface area contributed by atoms with Crippen molar-refractivity contribution in [2.45, 2.75) is 25.8 Å². The number of hydrogen-bond donors (Lipinski definition) is 2. The second-order valence-corrected chi connectivity index (χ2v) is 6.08. The number of anilines is 1. The van der Waals surface area contributed by atoms with Crippen LogP contribution in [0.15, 0.2) is 12.1 Å². The molecule has 1 heterocycles. The second kappa shape index (κ2) is 6.12. The van der Waals surface area contributed by atoms with Gasteiger partial charge in [0.1, 0.15) is 0 Å². The lowest BCUT2D eigenvalue weighted by Crippen LogP contribution is -2.46. The first-order valence-electron chi connectivity index (χ1n) is 6.59. The van der Waals surface area contributed by atoms with Gasteiger partial charge < -0.3 is 15.7 Å². The molecule has 1 aromatic rings. The molecule has 1 aliphatic rings. The smallest absolute Gasteiger partial charge is 0.306 e. The van der Waals surface area contributed by atoms with E-state index in [2.05, 4.69) is 0 Å². The van der Waals surface area contributed by atoms with E-state index in [0.717, 1.165) is 0 Å². The fraction of sp³-hybridized carbons (Fsp3) is 0.429. The number of likely N-dealkylation sites (tertiary alicyclic amines) is 1. The molecule has 3 N–H and O–H groups in total. The molecule has 0 radical (unpaired) electrons. The summed E-state index contributed by atoms with van der Waals surface area (Å²) in [4.78, 5) is 25.2. The normalized spacial score (nSPS) is 22.1. The van der Waals surface area contributed by atoms with E-state index in [9.17, 15) is 9.59 Å². The Balaban J connectivity index is 2.19. The highest BCUT2D eigenvalue weighted by Crippen LogP contribution is 2.31. The predicted octanol–water partition coefficient (Wildman–Crippen LogP) is 2.90. The number of carboxylic acid groups (broad SMARTS) is 1. The number of nitrogen functional groups attached to an aromatic ring is 1. The fourth-order valence-corrected chi connectivity index (χ4v) is 3.06. The van der Waals surface area contributed by atoms with Crippen LogP contribution < -0.4 is 5.73 Å². The summed E-state index contributed by atoms with van der Waals surface area (Å²) in [5.74, 6) is -1.43. The molecule has 1 saturated heterocycles. The maximum Gasteiger partial charge on any atom is 0.306 e. The van der Waals surface area contributed by atoms with Crippen LogP contribution in [0.2, 0.25) is 10.0 Å². The van der Waals surface area contributed by atoms with Crippen LogP contribution >= 0.6 is 23.2 Å². The number of carboxylic acids is 1. The molecule has 1 aromatic carbocycles. The summed E-state index contributed by atoms with van der Waals surface area (Å²) in [6.07, 6.45) is 0.888. The number of piperidine rings is 1. The number of benzene rings is 1. The number of hydrogen-bond acceptors (Lipinski definition) is 3. The molecule has 0 bridgehead atoms. The van der Waals surface area contributed by atoms with Crippen molar-refractivity contribution in [2.75, 3.05) is 12.3 Å². The molecule has 0 saturated carbocycles. The summed E-state index contributed by atoms with van der Waals surface area (Å²) in [5.41, 5.74) is 6.26. The van der Waals surface area contributed by atoms with Crippen LogP contribution in [0.4, 0.5) is 5.69 Å². The SMILES string of the molecule is CC1CC(C(=O)O)CCN1C(=O)c1cc(Cl)c(N)c(Cl)c1. The monoisotopic (exact) mass is 330 g/mol. The Kier molecular flexibility index (Phi) is 4.64. The first-order valence-corrected chi connectivity index (χ1v) is 7.35. The third-order valence-electron chi connectivity index (χ3n) is 3.81. The standard InChI is InChI=1S/C14H16Cl2N2O3/c1-7-4-8(14(20)21)2-3-18(7)13(19)9-5-10(15)12(17)11(16)6-9/h5-8H,2-4,17H2,1H3,(H,20,21). The number of nitrogens with zero attached hydrogens (tertiary/aromatic N) is 1. The van der Waals surface area contributed by atoms with Gasteiger partial charge in [-0.3, -0.25) is 9.59 Å². The van der Waals surface area contributed by atoms with Gasteiger partial charge in [-0.15, -0.1) is 0 Å². The molecule has 0 aromatic heterocycles. The number of nitrogens with two attached hydrogens (primary N) is 1. The van der Waals surface area contributed by atoms with Gasteiger partial charge in [0.05, 0.1) is 21.7 Å². The molecule has 2 rings (SSSR count).